The molecule has 5 nitrogen and oxygen atoms in total. The van der Waals surface area contributed by atoms with E-state index >= 15 is 0 Å². The summed E-state index contributed by atoms with van der Waals surface area (Å²) >= 11 is 0. The predicted molar refractivity (Wildman–Crippen MR) is 66.2 cm³/mol. The molecule has 1 aliphatic heterocycles. The largest absolute Gasteiger partial charge is 0.480 e. The molecule has 1 heterocycles. The van der Waals surface area contributed by atoms with Crippen molar-refractivity contribution in [1.82, 2.24) is 10.2 Å². The zero-order valence-corrected chi connectivity index (χ0v) is 11.2. The van der Waals surface area contributed by atoms with Crippen LogP contribution in [0.1, 0.15) is 27.2 Å². The second-order valence-electron chi connectivity index (χ2n) is 5.39. The summed E-state index contributed by atoms with van der Waals surface area (Å²) in [6.45, 7) is 8.72. The molecule has 2 atom stereocenters. The summed E-state index contributed by atoms with van der Waals surface area (Å²) in [6, 6.07) is -0.462. The van der Waals surface area contributed by atoms with E-state index in [0.717, 1.165) is 19.6 Å². The van der Waals surface area contributed by atoms with Crippen molar-refractivity contribution in [2.75, 3.05) is 26.7 Å². The van der Waals surface area contributed by atoms with Gasteiger partial charge in [-0.2, -0.15) is 0 Å². The van der Waals surface area contributed by atoms with Gasteiger partial charge in [-0.15, -0.1) is 0 Å². The normalized spacial score (nSPS) is 26.7. The average molecular weight is 244 g/mol. The molecule has 0 aromatic heterocycles. The minimum atomic E-state index is -0.784. The lowest BCUT2D eigenvalue weighted by Crippen LogP contribution is -2.52. The van der Waals surface area contributed by atoms with Crippen LogP contribution in [0, 0.1) is 0 Å². The number of morpholine rings is 1. The third kappa shape index (κ3) is 4.61. The van der Waals surface area contributed by atoms with Gasteiger partial charge in [-0.1, -0.05) is 0 Å². The number of likely N-dealkylation sites (N-methyl/N-ethyl adjacent to an activating group) is 1. The molecule has 17 heavy (non-hydrogen) atoms. The highest BCUT2D eigenvalue weighted by molar-refractivity contribution is 5.73. The SMILES string of the molecule is CNC(CCN1CC(C)OC(C)(C)C1)C(=O)O. The topological polar surface area (TPSA) is 61.8 Å². The molecule has 0 saturated carbocycles. The van der Waals surface area contributed by atoms with Crippen LogP contribution >= 0.6 is 0 Å². The van der Waals surface area contributed by atoms with Crippen LogP contribution in [0.3, 0.4) is 0 Å². The van der Waals surface area contributed by atoms with Crippen molar-refractivity contribution in [3.8, 4) is 0 Å². The van der Waals surface area contributed by atoms with E-state index < -0.39 is 12.0 Å². The quantitative estimate of drug-likeness (QED) is 0.739. The Bertz CT molecular complexity index is 268. The lowest BCUT2D eigenvalue weighted by atomic mass is 10.0. The van der Waals surface area contributed by atoms with Crippen LogP contribution in [0.2, 0.25) is 0 Å². The molecule has 100 valence electrons. The van der Waals surface area contributed by atoms with Crippen LogP contribution in [0.25, 0.3) is 0 Å². The number of ether oxygens (including phenoxy) is 1. The van der Waals surface area contributed by atoms with Gasteiger partial charge in [0, 0.05) is 19.6 Å². The number of carbonyl (C=O) groups is 1. The van der Waals surface area contributed by atoms with E-state index in [9.17, 15) is 4.79 Å². The Kier molecular flexibility index (Phi) is 4.91. The summed E-state index contributed by atoms with van der Waals surface area (Å²) in [7, 11) is 1.69. The lowest BCUT2D eigenvalue weighted by Gasteiger charge is -2.42. The molecule has 0 aliphatic carbocycles. The fraction of sp³-hybridized carbons (Fsp3) is 0.917. The van der Waals surface area contributed by atoms with Crippen molar-refractivity contribution >= 4 is 5.97 Å². The van der Waals surface area contributed by atoms with Crippen LogP contribution in [0.15, 0.2) is 0 Å². The summed E-state index contributed by atoms with van der Waals surface area (Å²) < 4.78 is 5.81. The zero-order chi connectivity index (χ0) is 13.1. The van der Waals surface area contributed by atoms with Crippen LogP contribution < -0.4 is 5.32 Å². The van der Waals surface area contributed by atoms with Gasteiger partial charge in [-0.05, 0) is 34.2 Å². The highest BCUT2D eigenvalue weighted by Gasteiger charge is 2.31. The minimum Gasteiger partial charge on any atom is -0.480 e. The van der Waals surface area contributed by atoms with Gasteiger partial charge in [0.15, 0.2) is 0 Å². The smallest absolute Gasteiger partial charge is 0.320 e. The fourth-order valence-electron chi connectivity index (χ4n) is 2.46. The van der Waals surface area contributed by atoms with Gasteiger partial charge in [0.05, 0.1) is 11.7 Å². The van der Waals surface area contributed by atoms with E-state index in [1.165, 1.54) is 0 Å². The Morgan fingerprint density at radius 3 is 2.76 bits per heavy atom. The van der Waals surface area contributed by atoms with Gasteiger partial charge < -0.3 is 15.2 Å². The van der Waals surface area contributed by atoms with E-state index in [-0.39, 0.29) is 11.7 Å². The van der Waals surface area contributed by atoms with E-state index in [1.54, 1.807) is 7.05 Å². The highest BCUT2D eigenvalue weighted by Crippen LogP contribution is 2.20. The Balaban J connectivity index is 2.43. The second kappa shape index (κ2) is 5.80. The van der Waals surface area contributed by atoms with Gasteiger partial charge in [0.25, 0.3) is 0 Å². The third-order valence-corrected chi connectivity index (χ3v) is 3.02. The van der Waals surface area contributed by atoms with Crippen molar-refractivity contribution in [3.63, 3.8) is 0 Å². The standard InChI is InChI=1S/C12H24N2O3/c1-9-7-14(8-12(2,3)17-9)6-5-10(13-4)11(15)16/h9-10,13H,5-8H2,1-4H3,(H,15,16). The van der Waals surface area contributed by atoms with Crippen molar-refractivity contribution in [3.05, 3.63) is 0 Å². The Hall–Kier alpha value is -0.650. The molecule has 2 N–H and O–H groups in total. The number of carboxylic acid groups (broad SMARTS) is 1. The predicted octanol–water partition coefficient (Wildman–Crippen LogP) is 0.548. The van der Waals surface area contributed by atoms with E-state index in [2.05, 4.69) is 31.0 Å². The van der Waals surface area contributed by atoms with E-state index in [4.69, 9.17) is 9.84 Å². The van der Waals surface area contributed by atoms with Crippen LogP contribution in [0.5, 0.6) is 0 Å². The monoisotopic (exact) mass is 244 g/mol. The van der Waals surface area contributed by atoms with Crippen molar-refractivity contribution in [1.29, 1.82) is 0 Å². The van der Waals surface area contributed by atoms with Gasteiger partial charge in [0.1, 0.15) is 6.04 Å². The summed E-state index contributed by atoms with van der Waals surface area (Å²) in [5.74, 6) is -0.784. The molecule has 1 fully saturated rings. The molecule has 5 heteroatoms. The maximum Gasteiger partial charge on any atom is 0.320 e. The number of nitrogens with one attached hydrogen (secondary N) is 1. The molecule has 2 unspecified atom stereocenters. The lowest BCUT2D eigenvalue weighted by molar-refractivity contribution is -0.140. The number of hydrogen-bond donors (Lipinski definition) is 2. The van der Waals surface area contributed by atoms with Crippen LogP contribution in [-0.2, 0) is 9.53 Å². The third-order valence-electron chi connectivity index (χ3n) is 3.02. The number of carboxylic acids is 1. The fourth-order valence-corrected chi connectivity index (χ4v) is 2.46. The first kappa shape index (κ1) is 14.4. The molecule has 0 amide bonds. The summed E-state index contributed by atoms with van der Waals surface area (Å²) in [4.78, 5) is 13.2. The maximum atomic E-state index is 10.9. The Morgan fingerprint density at radius 1 is 1.65 bits per heavy atom. The average Bonchev–Trinajstić information content (AvgIpc) is 2.14. The molecule has 0 radical (unpaired) electrons. The molecule has 0 aromatic rings. The first-order valence-corrected chi connectivity index (χ1v) is 6.14. The molecular formula is C12H24N2O3. The van der Waals surface area contributed by atoms with E-state index in [1.807, 2.05) is 0 Å². The van der Waals surface area contributed by atoms with Gasteiger partial charge >= 0.3 is 5.97 Å². The number of rotatable bonds is 5. The Morgan fingerprint density at radius 2 is 2.29 bits per heavy atom. The van der Waals surface area contributed by atoms with Gasteiger partial charge in [-0.3, -0.25) is 9.69 Å². The summed E-state index contributed by atoms with van der Waals surface area (Å²) in [6.07, 6.45) is 0.825. The Labute approximate surface area is 103 Å². The molecule has 0 aromatic carbocycles. The van der Waals surface area contributed by atoms with Gasteiger partial charge in [-0.25, -0.2) is 0 Å². The summed E-state index contributed by atoms with van der Waals surface area (Å²) in [5, 5.41) is 11.8. The number of nitrogens with zero attached hydrogens (tertiary/aromatic N) is 1. The van der Waals surface area contributed by atoms with Crippen molar-refractivity contribution in [2.45, 2.75) is 44.9 Å². The first-order valence-electron chi connectivity index (χ1n) is 6.14. The highest BCUT2D eigenvalue weighted by atomic mass is 16.5. The number of aliphatic carboxylic acids is 1. The minimum absolute atomic E-state index is 0.143. The van der Waals surface area contributed by atoms with E-state index in [0.29, 0.717) is 6.42 Å². The van der Waals surface area contributed by atoms with Crippen molar-refractivity contribution in [2.24, 2.45) is 0 Å². The molecule has 0 spiro atoms. The van der Waals surface area contributed by atoms with Crippen LogP contribution in [-0.4, -0.2) is 60.4 Å². The van der Waals surface area contributed by atoms with Crippen LogP contribution in [0.4, 0.5) is 0 Å². The van der Waals surface area contributed by atoms with Gasteiger partial charge in [0.2, 0.25) is 0 Å². The van der Waals surface area contributed by atoms with Crippen molar-refractivity contribution < 1.29 is 14.6 Å². The molecular weight excluding hydrogens is 220 g/mol. The zero-order valence-electron chi connectivity index (χ0n) is 11.2. The molecule has 0 bridgehead atoms. The number of hydrogen-bond acceptors (Lipinski definition) is 4. The molecule has 1 rings (SSSR count). The molecule has 1 aliphatic rings. The molecule has 1 saturated heterocycles. The second-order valence-corrected chi connectivity index (χ2v) is 5.39. The first-order chi connectivity index (χ1) is 7.84. The maximum absolute atomic E-state index is 10.9. The summed E-state index contributed by atoms with van der Waals surface area (Å²) in [5.41, 5.74) is -0.143.